The lowest BCUT2D eigenvalue weighted by atomic mass is 10.0. The molecule has 1 atom stereocenters. The highest BCUT2D eigenvalue weighted by atomic mass is 16.6. The van der Waals surface area contributed by atoms with E-state index in [4.69, 9.17) is 14.7 Å². The average Bonchev–Trinajstić information content (AvgIpc) is 3.45. The van der Waals surface area contributed by atoms with Crippen molar-refractivity contribution in [2.45, 2.75) is 59.1 Å². The molecule has 228 valence electrons. The number of aromatic nitrogens is 6. The van der Waals surface area contributed by atoms with E-state index >= 15 is 0 Å². The van der Waals surface area contributed by atoms with Crippen LogP contribution < -0.4 is 15.5 Å². The number of alkyl carbamates (subject to hydrolysis) is 1. The normalized spacial score (nSPS) is 12.1. The monoisotopic (exact) mass is 593 g/mol. The molecule has 3 heterocycles. The van der Waals surface area contributed by atoms with Crippen LogP contribution in [0.25, 0.3) is 16.9 Å². The molecule has 0 aliphatic rings. The minimum absolute atomic E-state index is 0.0617. The van der Waals surface area contributed by atoms with Gasteiger partial charge in [0.1, 0.15) is 17.7 Å². The molecule has 0 saturated carbocycles. The van der Waals surface area contributed by atoms with E-state index in [0.717, 1.165) is 28.9 Å². The SMILES string of the molecule is Cc1cc(N(C)c2nc(-c3ccccc3)cc3ncnn23)nc(N[C@@H](C)Cc2cccc(CCNC(=O)OC(C)(C)C)c2)n1. The molecule has 0 spiro atoms. The first kappa shape index (κ1) is 30.4. The second-order valence-corrected chi connectivity index (χ2v) is 11.8. The molecular formula is C33H39N9O2. The van der Waals surface area contributed by atoms with Gasteiger partial charge in [0.05, 0.1) is 5.69 Å². The standard InChI is InChI=1S/C33H39N9O2/c1-22(17-25-12-10-11-24(19-25)15-16-34-32(43)44-33(3,4)5)37-30-38-23(2)18-29(40-30)41(6)31-39-27(26-13-8-7-9-14-26)20-28-35-21-36-42(28)31/h7-14,18-22H,15-17H2,1-6H3,(H,34,43)(H,37,38,40)/t22-/m0/s1. The van der Waals surface area contributed by atoms with Crippen molar-refractivity contribution in [1.82, 2.24) is 34.9 Å². The third-order valence-corrected chi connectivity index (χ3v) is 6.79. The first-order valence-corrected chi connectivity index (χ1v) is 14.7. The third kappa shape index (κ3) is 7.85. The lowest BCUT2D eigenvalue weighted by Crippen LogP contribution is -2.33. The Bertz CT molecular complexity index is 1730. The van der Waals surface area contributed by atoms with Crippen molar-refractivity contribution in [1.29, 1.82) is 0 Å². The fraction of sp³-hybridized carbons (Fsp3) is 0.333. The van der Waals surface area contributed by atoms with E-state index in [9.17, 15) is 4.79 Å². The predicted octanol–water partition coefficient (Wildman–Crippen LogP) is 5.77. The quantitative estimate of drug-likeness (QED) is 0.208. The zero-order chi connectivity index (χ0) is 31.3. The van der Waals surface area contributed by atoms with Crippen LogP contribution in [-0.2, 0) is 17.6 Å². The largest absolute Gasteiger partial charge is 0.444 e. The van der Waals surface area contributed by atoms with Crippen molar-refractivity contribution in [2.24, 2.45) is 0 Å². The molecule has 5 aromatic rings. The molecule has 0 bridgehead atoms. The van der Waals surface area contributed by atoms with Crippen molar-refractivity contribution in [2.75, 3.05) is 23.8 Å². The van der Waals surface area contributed by atoms with Crippen LogP contribution >= 0.6 is 0 Å². The minimum Gasteiger partial charge on any atom is -0.444 e. The number of fused-ring (bicyclic) bond motifs is 1. The van der Waals surface area contributed by atoms with Crippen LogP contribution in [0, 0.1) is 6.92 Å². The molecule has 1 amide bonds. The van der Waals surface area contributed by atoms with Crippen LogP contribution in [0.3, 0.4) is 0 Å². The lowest BCUT2D eigenvalue weighted by Gasteiger charge is -2.21. The van der Waals surface area contributed by atoms with Gasteiger partial charge in [-0.3, -0.25) is 4.90 Å². The second kappa shape index (κ2) is 13.1. The summed E-state index contributed by atoms with van der Waals surface area (Å²) >= 11 is 0. The van der Waals surface area contributed by atoms with E-state index in [1.54, 1.807) is 4.52 Å². The Morgan fingerprint density at radius 3 is 2.55 bits per heavy atom. The van der Waals surface area contributed by atoms with Gasteiger partial charge in [0.25, 0.3) is 0 Å². The van der Waals surface area contributed by atoms with Gasteiger partial charge in [-0.25, -0.2) is 19.7 Å². The van der Waals surface area contributed by atoms with Crippen molar-refractivity contribution >= 4 is 29.5 Å². The molecule has 5 rings (SSSR count). The van der Waals surface area contributed by atoms with Gasteiger partial charge in [-0.2, -0.15) is 14.6 Å². The summed E-state index contributed by atoms with van der Waals surface area (Å²) < 4.78 is 7.02. The number of anilines is 3. The number of nitrogens with one attached hydrogen (secondary N) is 2. The van der Waals surface area contributed by atoms with Crippen molar-refractivity contribution < 1.29 is 9.53 Å². The summed E-state index contributed by atoms with van der Waals surface area (Å²) in [5.41, 5.74) is 5.12. The van der Waals surface area contributed by atoms with Crippen molar-refractivity contribution in [3.63, 3.8) is 0 Å². The van der Waals surface area contributed by atoms with Gasteiger partial charge in [-0.05, 0) is 58.6 Å². The molecule has 0 saturated heterocycles. The number of ether oxygens (including phenoxy) is 1. The summed E-state index contributed by atoms with van der Waals surface area (Å²) in [5, 5.41) is 10.7. The van der Waals surface area contributed by atoms with Crippen molar-refractivity contribution in [3.05, 3.63) is 89.9 Å². The number of rotatable bonds is 10. The molecule has 0 radical (unpaired) electrons. The number of carbonyl (C=O) groups excluding carboxylic acids is 1. The zero-order valence-electron chi connectivity index (χ0n) is 26.1. The maximum Gasteiger partial charge on any atom is 0.407 e. The van der Waals surface area contributed by atoms with Gasteiger partial charge in [-0.1, -0.05) is 54.6 Å². The molecular weight excluding hydrogens is 554 g/mol. The molecule has 11 heteroatoms. The predicted molar refractivity (Wildman–Crippen MR) is 172 cm³/mol. The van der Waals surface area contributed by atoms with Gasteiger partial charge in [0, 0.05) is 43.0 Å². The van der Waals surface area contributed by atoms with E-state index in [0.29, 0.717) is 36.3 Å². The second-order valence-electron chi connectivity index (χ2n) is 11.8. The van der Waals surface area contributed by atoms with Gasteiger partial charge in [0.2, 0.25) is 11.9 Å². The maximum absolute atomic E-state index is 12.0. The maximum atomic E-state index is 12.0. The Labute approximate surface area is 257 Å². The highest BCUT2D eigenvalue weighted by molar-refractivity contribution is 5.68. The third-order valence-electron chi connectivity index (χ3n) is 6.79. The van der Waals surface area contributed by atoms with E-state index in [2.05, 4.69) is 50.8 Å². The highest BCUT2D eigenvalue weighted by Crippen LogP contribution is 2.26. The number of hydrogen-bond acceptors (Lipinski definition) is 9. The summed E-state index contributed by atoms with van der Waals surface area (Å²) in [6, 6.07) is 22.3. The molecule has 44 heavy (non-hydrogen) atoms. The minimum atomic E-state index is -0.515. The van der Waals surface area contributed by atoms with Crippen LogP contribution in [0.15, 0.2) is 73.1 Å². The number of hydrogen-bond donors (Lipinski definition) is 2. The Morgan fingerprint density at radius 1 is 1.00 bits per heavy atom. The highest BCUT2D eigenvalue weighted by Gasteiger charge is 2.18. The number of nitrogens with zero attached hydrogens (tertiary/aromatic N) is 7. The summed E-state index contributed by atoms with van der Waals surface area (Å²) in [7, 11) is 1.91. The van der Waals surface area contributed by atoms with Crippen LogP contribution in [0.2, 0.25) is 0 Å². The van der Waals surface area contributed by atoms with Crippen LogP contribution in [0.5, 0.6) is 0 Å². The molecule has 2 N–H and O–H groups in total. The molecule has 3 aromatic heterocycles. The first-order chi connectivity index (χ1) is 21.0. The van der Waals surface area contributed by atoms with E-state index in [1.165, 1.54) is 11.9 Å². The van der Waals surface area contributed by atoms with E-state index in [-0.39, 0.29) is 6.04 Å². The molecule has 11 nitrogen and oxygen atoms in total. The fourth-order valence-electron chi connectivity index (χ4n) is 4.84. The average molecular weight is 594 g/mol. The molecule has 0 aliphatic heterocycles. The van der Waals surface area contributed by atoms with Crippen LogP contribution in [0.4, 0.5) is 22.5 Å². The Hall–Kier alpha value is -5.06. The van der Waals surface area contributed by atoms with Gasteiger partial charge in [-0.15, -0.1) is 0 Å². The lowest BCUT2D eigenvalue weighted by molar-refractivity contribution is 0.0528. The Balaban J connectivity index is 1.27. The Morgan fingerprint density at radius 2 is 1.77 bits per heavy atom. The number of carbonyl (C=O) groups is 1. The zero-order valence-corrected chi connectivity index (χ0v) is 26.1. The van der Waals surface area contributed by atoms with Crippen molar-refractivity contribution in [3.8, 4) is 11.3 Å². The van der Waals surface area contributed by atoms with E-state index in [1.807, 2.05) is 88.2 Å². The molecule has 0 aliphatic carbocycles. The van der Waals surface area contributed by atoms with Crippen LogP contribution in [-0.4, -0.2) is 60.9 Å². The summed E-state index contributed by atoms with van der Waals surface area (Å²) in [6.45, 7) is 10.1. The van der Waals surface area contributed by atoms with Gasteiger partial charge >= 0.3 is 6.09 Å². The summed E-state index contributed by atoms with van der Waals surface area (Å²) in [6.07, 6.45) is 2.61. The first-order valence-electron chi connectivity index (χ1n) is 14.7. The van der Waals surface area contributed by atoms with Gasteiger partial charge in [0.15, 0.2) is 5.65 Å². The number of benzene rings is 2. The van der Waals surface area contributed by atoms with Gasteiger partial charge < -0.3 is 15.4 Å². The molecule has 0 unspecified atom stereocenters. The number of amides is 1. The molecule has 2 aromatic carbocycles. The fourth-order valence-corrected chi connectivity index (χ4v) is 4.84. The summed E-state index contributed by atoms with van der Waals surface area (Å²) in [5.74, 6) is 1.81. The Kier molecular flexibility index (Phi) is 9.03. The molecule has 0 fully saturated rings. The van der Waals surface area contributed by atoms with Crippen LogP contribution in [0.1, 0.15) is 44.5 Å². The van der Waals surface area contributed by atoms with E-state index < -0.39 is 11.7 Å². The number of aryl methyl sites for hydroxylation is 1. The topological polar surface area (TPSA) is 122 Å². The smallest absolute Gasteiger partial charge is 0.407 e. The summed E-state index contributed by atoms with van der Waals surface area (Å²) in [4.78, 5) is 32.7.